The summed E-state index contributed by atoms with van der Waals surface area (Å²) in [4.78, 5) is 13.1. The summed E-state index contributed by atoms with van der Waals surface area (Å²) < 4.78 is 27.5. The number of carbonyl (C=O) groups is 1. The highest BCUT2D eigenvalue weighted by Gasteiger charge is 2.32. The Hall–Kier alpha value is -2.39. The van der Waals surface area contributed by atoms with Crippen LogP contribution in [0.25, 0.3) is 5.69 Å². The summed E-state index contributed by atoms with van der Waals surface area (Å²) in [6.07, 6.45) is 0.571. The lowest BCUT2D eigenvalue weighted by molar-refractivity contribution is 0.102. The minimum atomic E-state index is -2.99. The third-order valence-electron chi connectivity index (χ3n) is 6.35. The Morgan fingerprint density at radius 3 is 2.48 bits per heavy atom. The van der Waals surface area contributed by atoms with Crippen LogP contribution in [0, 0.1) is 13.8 Å². The monoisotopic (exact) mass is 486 g/mol. The fraction of sp³-hybridized carbons (Fsp3) is 0.458. The number of sulfone groups is 1. The van der Waals surface area contributed by atoms with Gasteiger partial charge in [0.2, 0.25) is 0 Å². The average Bonchev–Trinajstić information content (AvgIpc) is 3.40. The van der Waals surface area contributed by atoms with Crippen molar-refractivity contribution in [2.75, 3.05) is 17.3 Å². The second-order valence-corrected chi connectivity index (χ2v) is 12.2. The van der Waals surface area contributed by atoms with Crippen molar-refractivity contribution in [1.82, 2.24) is 19.3 Å². The van der Waals surface area contributed by atoms with E-state index in [1.165, 1.54) is 17.3 Å². The lowest BCUT2D eigenvalue weighted by Gasteiger charge is -2.12. The first-order chi connectivity index (χ1) is 15.6. The quantitative estimate of drug-likeness (QED) is 0.367. The molecule has 0 saturated carbocycles. The third kappa shape index (κ3) is 4.80. The largest absolute Gasteiger partial charge is 0.318 e. The molecule has 2 aromatic heterocycles. The molecule has 0 N–H and O–H groups in total. The number of hydrogen-bond acceptors (Lipinski definition) is 6. The molecule has 1 aromatic carbocycles. The molecule has 1 atom stereocenters. The topological polar surface area (TPSA) is 86.9 Å². The second kappa shape index (κ2) is 9.10. The number of nitrogens with zero attached hydrogens (tertiary/aromatic N) is 4. The van der Waals surface area contributed by atoms with E-state index in [0.29, 0.717) is 28.9 Å². The van der Waals surface area contributed by atoms with Crippen molar-refractivity contribution >= 4 is 27.4 Å². The number of carbonyl (C=O) groups excluding carboxylic acids is 1. The van der Waals surface area contributed by atoms with Gasteiger partial charge in [-0.05, 0) is 49.9 Å². The maximum Gasteiger partial charge on any atom is 0.191 e. The zero-order valence-corrected chi connectivity index (χ0v) is 21.3. The summed E-state index contributed by atoms with van der Waals surface area (Å²) in [5.74, 6) is 1.61. The Balaban J connectivity index is 1.48. The molecule has 0 aliphatic carbocycles. The summed E-state index contributed by atoms with van der Waals surface area (Å²) in [7, 11) is -1.16. The first-order valence-corrected chi connectivity index (χ1v) is 13.9. The summed E-state index contributed by atoms with van der Waals surface area (Å²) in [5.41, 5.74) is 4.97. The van der Waals surface area contributed by atoms with E-state index in [2.05, 4.69) is 52.9 Å². The first kappa shape index (κ1) is 23.8. The van der Waals surface area contributed by atoms with E-state index >= 15 is 0 Å². The van der Waals surface area contributed by atoms with Crippen LogP contribution >= 0.6 is 11.8 Å². The molecule has 176 valence electrons. The third-order valence-corrected chi connectivity index (χ3v) is 9.14. The molecule has 3 heterocycles. The van der Waals surface area contributed by atoms with E-state index < -0.39 is 9.84 Å². The molecule has 3 aromatic rings. The standard InChI is InChI=1S/C24H30N4O3S2/c1-15(2)18-6-8-20(9-7-18)28-16(3)12-21(17(28)4)22(29)13-32-24-26-25-23(27(24)5)19-10-11-33(30,31)14-19/h6-9,12,15,19H,10-11,13-14H2,1-5H3. The Morgan fingerprint density at radius 2 is 1.88 bits per heavy atom. The van der Waals surface area contributed by atoms with E-state index in [1.54, 1.807) is 0 Å². The van der Waals surface area contributed by atoms with Crippen molar-refractivity contribution in [2.24, 2.45) is 7.05 Å². The van der Waals surface area contributed by atoms with Crippen molar-refractivity contribution in [3.05, 3.63) is 58.7 Å². The minimum Gasteiger partial charge on any atom is -0.318 e. The van der Waals surface area contributed by atoms with E-state index in [-0.39, 0.29) is 29.0 Å². The fourth-order valence-corrected chi connectivity index (χ4v) is 7.01. The van der Waals surface area contributed by atoms with Crippen molar-refractivity contribution in [1.29, 1.82) is 0 Å². The minimum absolute atomic E-state index is 0.0335. The van der Waals surface area contributed by atoms with Crippen LogP contribution < -0.4 is 0 Å². The Bertz CT molecular complexity index is 1290. The van der Waals surface area contributed by atoms with Crippen LogP contribution in [0.5, 0.6) is 0 Å². The summed E-state index contributed by atoms with van der Waals surface area (Å²) in [5, 5.41) is 9.06. The zero-order valence-electron chi connectivity index (χ0n) is 19.7. The molecule has 0 radical (unpaired) electrons. The van der Waals surface area contributed by atoms with Crippen LogP contribution in [0.3, 0.4) is 0 Å². The highest BCUT2D eigenvalue weighted by molar-refractivity contribution is 7.99. The SMILES string of the molecule is Cc1cc(C(=O)CSc2nnc(C3CCS(=O)(=O)C3)n2C)c(C)n1-c1ccc(C(C)C)cc1. The molecule has 0 amide bonds. The molecule has 0 bridgehead atoms. The van der Waals surface area contributed by atoms with E-state index in [9.17, 15) is 13.2 Å². The van der Waals surface area contributed by atoms with Gasteiger partial charge in [-0.2, -0.15) is 0 Å². The first-order valence-electron chi connectivity index (χ1n) is 11.1. The van der Waals surface area contributed by atoms with Gasteiger partial charge in [-0.1, -0.05) is 37.7 Å². The van der Waals surface area contributed by atoms with Gasteiger partial charge < -0.3 is 9.13 Å². The second-order valence-electron chi connectivity index (χ2n) is 9.08. The van der Waals surface area contributed by atoms with E-state index in [4.69, 9.17) is 0 Å². The molecule has 4 rings (SSSR count). The number of aromatic nitrogens is 4. The number of rotatable bonds is 7. The smallest absolute Gasteiger partial charge is 0.191 e. The zero-order chi connectivity index (χ0) is 23.9. The van der Waals surface area contributed by atoms with Gasteiger partial charge in [-0.15, -0.1) is 10.2 Å². The molecule has 33 heavy (non-hydrogen) atoms. The van der Waals surface area contributed by atoms with Crippen LogP contribution in [0.4, 0.5) is 0 Å². The van der Waals surface area contributed by atoms with E-state index in [0.717, 1.165) is 17.1 Å². The predicted octanol–water partition coefficient (Wildman–Crippen LogP) is 4.22. The van der Waals surface area contributed by atoms with Crippen LogP contribution in [0.15, 0.2) is 35.5 Å². The lowest BCUT2D eigenvalue weighted by atomic mass is 10.0. The molecular formula is C24H30N4O3S2. The van der Waals surface area contributed by atoms with Gasteiger partial charge in [-0.25, -0.2) is 8.42 Å². The molecule has 1 aliphatic rings. The molecular weight excluding hydrogens is 456 g/mol. The molecule has 1 unspecified atom stereocenters. The maximum atomic E-state index is 13.1. The Labute approximate surface area is 199 Å². The number of hydrogen-bond donors (Lipinski definition) is 0. The molecule has 1 saturated heterocycles. The van der Waals surface area contributed by atoms with Gasteiger partial charge in [0.05, 0.1) is 17.3 Å². The Morgan fingerprint density at radius 1 is 1.18 bits per heavy atom. The number of benzene rings is 1. The summed E-state index contributed by atoms with van der Waals surface area (Å²) >= 11 is 1.34. The van der Waals surface area contributed by atoms with Gasteiger partial charge in [-0.3, -0.25) is 4.79 Å². The van der Waals surface area contributed by atoms with Crippen molar-refractivity contribution < 1.29 is 13.2 Å². The van der Waals surface area contributed by atoms with Crippen molar-refractivity contribution in [3.8, 4) is 5.69 Å². The lowest BCUT2D eigenvalue weighted by Crippen LogP contribution is -2.10. The van der Waals surface area contributed by atoms with Crippen LogP contribution in [0.1, 0.15) is 65.2 Å². The molecule has 1 aliphatic heterocycles. The highest BCUT2D eigenvalue weighted by atomic mass is 32.2. The number of Topliss-reactive ketones (excluding diaryl/α,β-unsaturated/α-hetero) is 1. The van der Waals surface area contributed by atoms with Gasteiger partial charge in [0.25, 0.3) is 0 Å². The predicted molar refractivity (Wildman–Crippen MR) is 131 cm³/mol. The number of ketones is 1. The van der Waals surface area contributed by atoms with Gasteiger partial charge >= 0.3 is 0 Å². The molecule has 9 heteroatoms. The fourth-order valence-electron chi connectivity index (χ4n) is 4.46. The van der Waals surface area contributed by atoms with Crippen LogP contribution in [0.2, 0.25) is 0 Å². The normalized spacial score (nSPS) is 17.7. The highest BCUT2D eigenvalue weighted by Crippen LogP contribution is 2.30. The number of thioether (sulfide) groups is 1. The van der Waals surface area contributed by atoms with Crippen molar-refractivity contribution in [2.45, 2.75) is 51.1 Å². The maximum absolute atomic E-state index is 13.1. The van der Waals surface area contributed by atoms with E-state index in [1.807, 2.05) is 31.5 Å². The van der Waals surface area contributed by atoms with Crippen LogP contribution in [-0.4, -0.2) is 50.8 Å². The van der Waals surface area contributed by atoms with Gasteiger partial charge in [0, 0.05) is 35.6 Å². The van der Waals surface area contributed by atoms with Gasteiger partial charge in [0.1, 0.15) is 5.82 Å². The van der Waals surface area contributed by atoms with Crippen molar-refractivity contribution in [3.63, 3.8) is 0 Å². The molecule has 0 spiro atoms. The van der Waals surface area contributed by atoms with Crippen LogP contribution in [-0.2, 0) is 16.9 Å². The van der Waals surface area contributed by atoms with Gasteiger partial charge in [0.15, 0.2) is 20.8 Å². The molecule has 7 nitrogen and oxygen atoms in total. The molecule has 1 fully saturated rings. The average molecular weight is 487 g/mol. The Kier molecular flexibility index (Phi) is 6.55. The number of aryl methyl sites for hydroxylation is 1. The summed E-state index contributed by atoms with van der Waals surface area (Å²) in [6, 6.07) is 10.4. The summed E-state index contributed by atoms with van der Waals surface area (Å²) in [6.45, 7) is 8.33.